The highest BCUT2D eigenvalue weighted by atomic mass is 16.3. The molecule has 3 aromatic rings. The molecule has 108 valence electrons. The lowest BCUT2D eigenvalue weighted by atomic mass is 9.84. The van der Waals surface area contributed by atoms with Crippen molar-refractivity contribution in [1.82, 2.24) is 10.3 Å². The van der Waals surface area contributed by atoms with Gasteiger partial charge in [0.2, 0.25) is 0 Å². The van der Waals surface area contributed by atoms with E-state index in [1.807, 2.05) is 18.3 Å². The Kier molecular flexibility index (Phi) is 3.29. The summed E-state index contributed by atoms with van der Waals surface area (Å²) in [6.45, 7) is 4.77. The van der Waals surface area contributed by atoms with Gasteiger partial charge in [-0.2, -0.15) is 0 Å². The van der Waals surface area contributed by atoms with Crippen LogP contribution in [0.3, 0.4) is 0 Å². The van der Waals surface area contributed by atoms with Gasteiger partial charge in [0.25, 0.3) is 5.91 Å². The molecule has 0 bridgehead atoms. The molecule has 4 nitrogen and oxygen atoms in total. The second-order valence-corrected chi connectivity index (χ2v) is 5.79. The third kappa shape index (κ3) is 2.57. The maximum absolute atomic E-state index is 12.0. The van der Waals surface area contributed by atoms with E-state index in [4.69, 9.17) is 4.42 Å². The molecule has 0 aliphatic rings. The number of rotatable bonds is 4. The molecule has 0 unspecified atom stereocenters. The van der Waals surface area contributed by atoms with Crippen molar-refractivity contribution < 1.29 is 9.21 Å². The van der Waals surface area contributed by atoms with Gasteiger partial charge in [-0.25, -0.2) is 0 Å². The molecule has 4 heteroatoms. The van der Waals surface area contributed by atoms with Crippen molar-refractivity contribution >= 4 is 16.8 Å². The van der Waals surface area contributed by atoms with Crippen LogP contribution in [0.4, 0.5) is 0 Å². The van der Waals surface area contributed by atoms with Gasteiger partial charge >= 0.3 is 0 Å². The Morgan fingerprint density at radius 1 is 1.24 bits per heavy atom. The van der Waals surface area contributed by atoms with Crippen molar-refractivity contribution in [2.24, 2.45) is 0 Å². The summed E-state index contributed by atoms with van der Waals surface area (Å²) in [5, 5.41) is 4.12. The Hall–Kier alpha value is -2.49. The molecule has 0 atom stereocenters. The molecule has 0 aliphatic carbocycles. The average molecular weight is 282 g/mol. The minimum atomic E-state index is -0.187. The van der Waals surface area contributed by atoms with Crippen molar-refractivity contribution in [2.45, 2.75) is 19.3 Å². The van der Waals surface area contributed by atoms with Crippen LogP contribution in [0.25, 0.3) is 10.9 Å². The minimum Gasteiger partial charge on any atom is -0.459 e. The molecule has 0 saturated heterocycles. The number of aromatic nitrogens is 1. The lowest BCUT2D eigenvalue weighted by Gasteiger charge is -2.24. The first-order valence-electron chi connectivity index (χ1n) is 6.96. The van der Waals surface area contributed by atoms with E-state index >= 15 is 0 Å². The van der Waals surface area contributed by atoms with Gasteiger partial charge in [-0.1, -0.05) is 32.0 Å². The number of carbonyl (C=O) groups excluding carboxylic acids is 1. The summed E-state index contributed by atoms with van der Waals surface area (Å²) in [6.07, 6.45) is 3.52. The molecule has 0 aliphatic heterocycles. The predicted octanol–water partition coefficient (Wildman–Crippen LogP) is 3.47. The molecule has 0 spiro atoms. The van der Waals surface area contributed by atoms with Crippen LogP contribution in [0.5, 0.6) is 0 Å². The van der Waals surface area contributed by atoms with Crippen LogP contribution in [0.15, 0.2) is 53.3 Å². The van der Waals surface area contributed by atoms with Gasteiger partial charge < -0.3 is 14.7 Å². The Balaban J connectivity index is 1.79. The highest BCUT2D eigenvalue weighted by Gasteiger charge is 2.25. The van der Waals surface area contributed by atoms with Crippen LogP contribution in [-0.4, -0.2) is 17.4 Å². The summed E-state index contributed by atoms with van der Waals surface area (Å²) in [5.74, 6) is 0.151. The largest absolute Gasteiger partial charge is 0.459 e. The Morgan fingerprint density at radius 3 is 2.81 bits per heavy atom. The van der Waals surface area contributed by atoms with Crippen molar-refractivity contribution in [3.63, 3.8) is 0 Å². The molecule has 1 aromatic carbocycles. The average Bonchev–Trinajstić information content (AvgIpc) is 3.14. The quantitative estimate of drug-likeness (QED) is 0.769. The molecule has 2 heterocycles. The molecular weight excluding hydrogens is 264 g/mol. The molecule has 21 heavy (non-hydrogen) atoms. The number of H-pyrrole nitrogens is 1. The predicted molar refractivity (Wildman–Crippen MR) is 82.4 cm³/mol. The Bertz CT molecular complexity index is 754. The number of carbonyl (C=O) groups is 1. The summed E-state index contributed by atoms with van der Waals surface area (Å²) in [6, 6.07) is 11.5. The number of fused-ring (bicyclic) bond motifs is 1. The third-order valence-corrected chi connectivity index (χ3v) is 3.75. The molecule has 0 fully saturated rings. The van der Waals surface area contributed by atoms with E-state index in [0.29, 0.717) is 12.3 Å². The van der Waals surface area contributed by atoms with E-state index in [9.17, 15) is 4.79 Å². The summed E-state index contributed by atoms with van der Waals surface area (Å²) < 4.78 is 5.10. The zero-order valence-electron chi connectivity index (χ0n) is 12.1. The SMILES string of the molecule is CC(C)(CNC(=O)c1ccco1)c1c[nH]c2ccccc12. The van der Waals surface area contributed by atoms with E-state index in [2.05, 4.69) is 36.3 Å². The number of hydrogen-bond acceptors (Lipinski definition) is 2. The maximum Gasteiger partial charge on any atom is 0.287 e. The van der Waals surface area contributed by atoms with Gasteiger partial charge in [-0.3, -0.25) is 4.79 Å². The van der Waals surface area contributed by atoms with Crippen molar-refractivity contribution in [3.05, 3.63) is 60.2 Å². The molecule has 3 rings (SSSR count). The van der Waals surface area contributed by atoms with Crippen molar-refractivity contribution in [3.8, 4) is 0 Å². The Morgan fingerprint density at radius 2 is 2.05 bits per heavy atom. The lowest BCUT2D eigenvalue weighted by molar-refractivity contribution is 0.0918. The second kappa shape index (κ2) is 5.13. The number of furan rings is 1. The number of hydrogen-bond donors (Lipinski definition) is 2. The number of aromatic amines is 1. The minimum absolute atomic E-state index is 0.179. The zero-order chi connectivity index (χ0) is 14.9. The van der Waals surface area contributed by atoms with Crippen LogP contribution in [0.1, 0.15) is 30.0 Å². The Labute approximate surface area is 123 Å². The van der Waals surface area contributed by atoms with Gasteiger partial charge in [0.1, 0.15) is 0 Å². The fraction of sp³-hybridized carbons (Fsp3) is 0.235. The van der Waals surface area contributed by atoms with E-state index in [-0.39, 0.29) is 11.3 Å². The number of amides is 1. The topological polar surface area (TPSA) is 58.0 Å². The van der Waals surface area contributed by atoms with Crippen LogP contribution in [0, 0.1) is 0 Å². The van der Waals surface area contributed by atoms with Crippen molar-refractivity contribution in [1.29, 1.82) is 0 Å². The smallest absolute Gasteiger partial charge is 0.287 e. The van der Waals surface area contributed by atoms with Crippen LogP contribution in [-0.2, 0) is 5.41 Å². The molecular formula is C17H18N2O2. The standard InChI is InChI=1S/C17H18N2O2/c1-17(2,11-19-16(20)15-8-5-9-21-15)13-10-18-14-7-4-3-6-12(13)14/h3-10,18H,11H2,1-2H3,(H,19,20). The summed E-state index contributed by atoms with van der Waals surface area (Å²) in [4.78, 5) is 15.3. The maximum atomic E-state index is 12.0. The number of benzene rings is 1. The van der Waals surface area contributed by atoms with E-state index < -0.39 is 0 Å². The number of nitrogens with one attached hydrogen (secondary N) is 2. The fourth-order valence-electron chi connectivity index (χ4n) is 2.52. The molecule has 0 radical (unpaired) electrons. The molecule has 2 aromatic heterocycles. The molecule has 2 N–H and O–H groups in total. The van der Waals surface area contributed by atoms with Gasteiger partial charge in [0.05, 0.1) is 6.26 Å². The fourth-order valence-corrected chi connectivity index (χ4v) is 2.52. The third-order valence-electron chi connectivity index (χ3n) is 3.75. The molecule has 1 amide bonds. The lowest BCUT2D eigenvalue weighted by Crippen LogP contribution is -2.36. The first-order valence-corrected chi connectivity index (χ1v) is 6.96. The van der Waals surface area contributed by atoms with Crippen LogP contribution >= 0.6 is 0 Å². The van der Waals surface area contributed by atoms with Gasteiger partial charge in [0.15, 0.2) is 5.76 Å². The highest BCUT2D eigenvalue weighted by Crippen LogP contribution is 2.29. The first kappa shape index (κ1) is 13.5. The van der Waals surface area contributed by atoms with Gasteiger partial charge in [0, 0.05) is 29.1 Å². The first-order chi connectivity index (χ1) is 10.1. The van der Waals surface area contributed by atoms with E-state index in [1.54, 1.807) is 12.1 Å². The van der Waals surface area contributed by atoms with Gasteiger partial charge in [-0.05, 0) is 23.8 Å². The normalized spacial score (nSPS) is 11.7. The van der Waals surface area contributed by atoms with Crippen LogP contribution in [0.2, 0.25) is 0 Å². The van der Waals surface area contributed by atoms with Gasteiger partial charge in [-0.15, -0.1) is 0 Å². The summed E-state index contributed by atoms with van der Waals surface area (Å²) in [7, 11) is 0. The number of para-hydroxylation sites is 1. The monoisotopic (exact) mass is 282 g/mol. The summed E-state index contributed by atoms with van der Waals surface area (Å²) in [5.41, 5.74) is 2.12. The summed E-state index contributed by atoms with van der Waals surface area (Å²) >= 11 is 0. The van der Waals surface area contributed by atoms with Crippen molar-refractivity contribution in [2.75, 3.05) is 6.54 Å². The zero-order valence-corrected chi connectivity index (χ0v) is 12.1. The highest BCUT2D eigenvalue weighted by molar-refractivity contribution is 5.91. The van der Waals surface area contributed by atoms with E-state index in [0.717, 1.165) is 5.52 Å². The molecule has 0 saturated carbocycles. The van der Waals surface area contributed by atoms with Crippen LogP contribution < -0.4 is 5.32 Å². The van der Waals surface area contributed by atoms with E-state index in [1.165, 1.54) is 17.2 Å². The second-order valence-electron chi connectivity index (χ2n) is 5.79.